The van der Waals surface area contributed by atoms with Gasteiger partial charge in [-0.25, -0.2) is 8.78 Å². The van der Waals surface area contributed by atoms with Gasteiger partial charge in [0.1, 0.15) is 12.0 Å². The van der Waals surface area contributed by atoms with Gasteiger partial charge in [-0.3, -0.25) is 0 Å². The van der Waals surface area contributed by atoms with Crippen molar-refractivity contribution >= 4 is 0 Å². The lowest BCUT2D eigenvalue weighted by Crippen LogP contribution is -2.02. The first-order valence-corrected chi connectivity index (χ1v) is 4.52. The van der Waals surface area contributed by atoms with Gasteiger partial charge >= 0.3 is 0 Å². The minimum atomic E-state index is -1.03. The quantitative estimate of drug-likeness (QED) is 0.598. The molecule has 1 aliphatic rings. The molecule has 1 aromatic rings. The largest absolute Gasteiger partial charge is 0.238 e. The van der Waals surface area contributed by atoms with Gasteiger partial charge in [-0.05, 0) is 23.8 Å². The minimum Gasteiger partial charge on any atom is -0.238 e. The maximum atomic E-state index is 13.3. The Morgan fingerprint density at radius 1 is 0.929 bits per heavy atom. The Hall–Kier alpha value is -1.44. The monoisotopic (exact) mass is 192 g/mol. The number of allylic oxidation sites excluding steroid dienone is 4. The molecule has 2 heteroatoms. The lowest BCUT2D eigenvalue weighted by molar-refractivity contribution is 0.463. The van der Waals surface area contributed by atoms with Crippen LogP contribution in [0.25, 0.3) is 0 Å². The second-order valence-corrected chi connectivity index (χ2v) is 3.26. The average molecular weight is 192 g/mol. The summed E-state index contributed by atoms with van der Waals surface area (Å²) in [5.74, 6) is -0.382. The molecule has 0 saturated carbocycles. The van der Waals surface area contributed by atoms with Crippen LogP contribution in [0, 0.1) is 5.82 Å². The van der Waals surface area contributed by atoms with Crippen molar-refractivity contribution in [1.82, 2.24) is 0 Å². The summed E-state index contributed by atoms with van der Waals surface area (Å²) in [6.45, 7) is 0. The highest BCUT2D eigenvalue weighted by Crippen LogP contribution is 2.25. The fourth-order valence-corrected chi connectivity index (χ4v) is 1.53. The van der Waals surface area contributed by atoms with Crippen LogP contribution in [0.1, 0.15) is 11.5 Å². The third-order valence-corrected chi connectivity index (χ3v) is 2.27. The topological polar surface area (TPSA) is 0 Å². The van der Waals surface area contributed by atoms with Crippen LogP contribution >= 0.6 is 0 Å². The van der Waals surface area contributed by atoms with E-state index < -0.39 is 6.17 Å². The molecule has 1 aromatic carbocycles. The molecule has 0 unspecified atom stereocenters. The summed E-state index contributed by atoms with van der Waals surface area (Å²) in [7, 11) is 0. The number of alkyl halides is 1. The van der Waals surface area contributed by atoms with Crippen LogP contribution in [0.5, 0.6) is 0 Å². The van der Waals surface area contributed by atoms with E-state index >= 15 is 0 Å². The van der Waals surface area contributed by atoms with Gasteiger partial charge < -0.3 is 0 Å². The molecule has 2 rings (SSSR count). The van der Waals surface area contributed by atoms with E-state index in [1.54, 1.807) is 30.4 Å². The Kier molecular flexibility index (Phi) is 2.44. The molecular weight excluding hydrogens is 182 g/mol. The molecule has 0 atom stereocenters. The van der Waals surface area contributed by atoms with Crippen molar-refractivity contribution in [2.45, 2.75) is 12.1 Å². The average Bonchev–Trinajstić information content (AvgIpc) is 2.20. The summed E-state index contributed by atoms with van der Waals surface area (Å²) in [5.41, 5.74) is 0.590. The number of rotatable bonds is 1. The fraction of sp³-hybridized carbons (Fsp3) is 0.167. The zero-order valence-electron chi connectivity index (χ0n) is 7.53. The van der Waals surface area contributed by atoms with Crippen LogP contribution in [0.3, 0.4) is 0 Å². The Labute approximate surface area is 81.6 Å². The SMILES string of the molecule is Fc1ccccc1C1C=CC(F)C=C1. The van der Waals surface area contributed by atoms with Crippen LogP contribution in [-0.2, 0) is 0 Å². The van der Waals surface area contributed by atoms with E-state index in [1.807, 2.05) is 0 Å². The maximum absolute atomic E-state index is 13.3. The second-order valence-electron chi connectivity index (χ2n) is 3.26. The normalized spacial score (nSPS) is 25.3. The predicted molar refractivity (Wildman–Crippen MR) is 52.3 cm³/mol. The Morgan fingerprint density at radius 2 is 1.57 bits per heavy atom. The smallest absolute Gasteiger partial charge is 0.137 e. The summed E-state index contributed by atoms with van der Waals surface area (Å²) in [4.78, 5) is 0. The number of hydrogen-bond acceptors (Lipinski definition) is 0. The number of halogens is 2. The van der Waals surface area contributed by atoms with E-state index in [4.69, 9.17) is 0 Å². The van der Waals surface area contributed by atoms with Crippen molar-refractivity contribution < 1.29 is 8.78 Å². The molecule has 0 aromatic heterocycles. The van der Waals surface area contributed by atoms with E-state index in [0.29, 0.717) is 5.56 Å². The van der Waals surface area contributed by atoms with Gasteiger partial charge in [0.2, 0.25) is 0 Å². The third kappa shape index (κ3) is 1.74. The molecule has 14 heavy (non-hydrogen) atoms. The Bertz CT molecular complexity index is 366. The highest BCUT2D eigenvalue weighted by molar-refractivity contribution is 5.33. The van der Waals surface area contributed by atoms with Crippen molar-refractivity contribution in [1.29, 1.82) is 0 Å². The molecule has 0 radical (unpaired) electrons. The van der Waals surface area contributed by atoms with Crippen molar-refractivity contribution in [3.8, 4) is 0 Å². The summed E-state index contributed by atoms with van der Waals surface area (Å²) in [6, 6.07) is 6.56. The van der Waals surface area contributed by atoms with Gasteiger partial charge in [-0.15, -0.1) is 0 Å². The lowest BCUT2D eigenvalue weighted by Gasteiger charge is -2.13. The number of benzene rings is 1. The Morgan fingerprint density at radius 3 is 2.21 bits per heavy atom. The molecule has 0 fully saturated rings. The summed E-state index contributed by atoms with van der Waals surface area (Å²) >= 11 is 0. The zero-order valence-corrected chi connectivity index (χ0v) is 7.53. The van der Waals surface area contributed by atoms with Crippen LogP contribution in [0.2, 0.25) is 0 Å². The molecule has 0 heterocycles. The summed E-state index contributed by atoms with van der Waals surface area (Å²) in [6.07, 6.45) is 5.22. The van der Waals surface area contributed by atoms with Crippen molar-refractivity contribution in [3.05, 3.63) is 60.0 Å². The lowest BCUT2D eigenvalue weighted by atomic mass is 9.94. The van der Waals surface area contributed by atoms with Crippen LogP contribution in [0.15, 0.2) is 48.6 Å². The molecule has 0 amide bonds. The molecule has 0 spiro atoms. The minimum absolute atomic E-state index is 0.136. The molecular formula is C12H10F2. The van der Waals surface area contributed by atoms with Crippen LogP contribution in [-0.4, -0.2) is 6.17 Å². The van der Waals surface area contributed by atoms with Gasteiger partial charge in [0.15, 0.2) is 0 Å². The third-order valence-electron chi connectivity index (χ3n) is 2.27. The molecule has 72 valence electrons. The highest BCUT2D eigenvalue weighted by Gasteiger charge is 2.13. The van der Waals surface area contributed by atoms with Gasteiger partial charge in [0.05, 0.1) is 0 Å². The summed E-state index contributed by atoms with van der Waals surface area (Å²) in [5, 5.41) is 0. The van der Waals surface area contributed by atoms with Crippen molar-refractivity contribution in [2.75, 3.05) is 0 Å². The van der Waals surface area contributed by atoms with Gasteiger partial charge in [-0.2, -0.15) is 0 Å². The van der Waals surface area contributed by atoms with Gasteiger partial charge in [0, 0.05) is 5.92 Å². The van der Waals surface area contributed by atoms with E-state index in [-0.39, 0.29) is 11.7 Å². The molecule has 1 aliphatic carbocycles. The second kappa shape index (κ2) is 3.74. The van der Waals surface area contributed by atoms with Crippen molar-refractivity contribution in [2.24, 2.45) is 0 Å². The molecule has 0 bridgehead atoms. The summed E-state index contributed by atoms with van der Waals surface area (Å²) < 4.78 is 26.0. The molecule has 0 aliphatic heterocycles. The first-order valence-electron chi connectivity index (χ1n) is 4.52. The highest BCUT2D eigenvalue weighted by atomic mass is 19.1. The van der Waals surface area contributed by atoms with E-state index in [0.717, 1.165) is 0 Å². The first-order chi connectivity index (χ1) is 6.77. The Balaban J connectivity index is 2.29. The maximum Gasteiger partial charge on any atom is 0.137 e. The zero-order chi connectivity index (χ0) is 9.97. The van der Waals surface area contributed by atoms with Crippen LogP contribution < -0.4 is 0 Å². The van der Waals surface area contributed by atoms with E-state index in [2.05, 4.69) is 0 Å². The molecule has 0 saturated heterocycles. The molecule has 0 nitrogen and oxygen atoms in total. The predicted octanol–water partition coefficient (Wildman–Crippen LogP) is 3.37. The number of hydrogen-bond donors (Lipinski definition) is 0. The van der Waals surface area contributed by atoms with E-state index in [9.17, 15) is 8.78 Å². The first kappa shape index (κ1) is 9.13. The van der Waals surface area contributed by atoms with Gasteiger partial charge in [-0.1, -0.05) is 30.4 Å². The van der Waals surface area contributed by atoms with Gasteiger partial charge in [0.25, 0.3) is 0 Å². The van der Waals surface area contributed by atoms with E-state index in [1.165, 1.54) is 18.2 Å². The van der Waals surface area contributed by atoms with Crippen LogP contribution in [0.4, 0.5) is 8.78 Å². The molecule has 0 N–H and O–H groups in total. The fourth-order valence-electron chi connectivity index (χ4n) is 1.53. The standard InChI is InChI=1S/C12H10F2/c13-10-7-5-9(6-8-10)11-3-1-2-4-12(11)14/h1-10H. The van der Waals surface area contributed by atoms with Crippen molar-refractivity contribution in [3.63, 3.8) is 0 Å².